The quantitative estimate of drug-likeness (QED) is 0.444. The Bertz CT molecular complexity index is 294. The molecule has 1 aliphatic heterocycles. The first-order chi connectivity index (χ1) is 9.13. The molecule has 5 heteroatoms. The van der Waals surface area contributed by atoms with Crippen LogP contribution in [-0.4, -0.2) is 54.0 Å². The van der Waals surface area contributed by atoms with Crippen LogP contribution < -0.4 is 11.3 Å². The Morgan fingerprint density at radius 3 is 2.21 bits per heavy atom. The van der Waals surface area contributed by atoms with E-state index in [0.717, 1.165) is 32.2 Å². The zero-order valence-corrected chi connectivity index (χ0v) is 12.3. The number of nitrogens with zero attached hydrogens (tertiary/aromatic N) is 2. The lowest BCUT2D eigenvalue weighted by molar-refractivity contribution is -0.129. The average Bonchev–Trinajstić information content (AvgIpc) is 2.93. The topological polar surface area (TPSA) is 61.6 Å². The first-order valence-electron chi connectivity index (χ1n) is 7.62. The van der Waals surface area contributed by atoms with Crippen molar-refractivity contribution in [2.45, 2.75) is 51.6 Å². The highest BCUT2D eigenvalue weighted by Gasteiger charge is 2.33. The standard InChI is InChI=1S/C14H28N4O/c1-11(2)13(14(19)16-15)18-9-7-17(8-10-18)12-5-3-4-6-12/h11-13H,3-10,15H2,1-2H3,(H,16,19). The van der Waals surface area contributed by atoms with Gasteiger partial charge in [0.25, 0.3) is 5.91 Å². The summed E-state index contributed by atoms with van der Waals surface area (Å²) in [6.07, 6.45) is 5.48. The van der Waals surface area contributed by atoms with E-state index in [0.29, 0.717) is 5.92 Å². The summed E-state index contributed by atoms with van der Waals surface area (Å²) in [5.41, 5.74) is 2.32. The zero-order valence-electron chi connectivity index (χ0n) is 12.3. The molecule has 0 aromatic carbocycles. The van der Waals surface area contributed by atoms with E-state index in [2.05, 4.69) is 29.1 Å². The monoisotopic (exact) mass is 268 g/mol. The zero-order chi connectivity index (χ0) is 13.8. The SMILES string of the molecule is CC(C)C(C(=O)NN)N1CCN(C2CCCC2)CC1. The highest BCUT2D eigenvalue weighted by molar-refractivity contribution is 5.81. The van der Waals surface area contributed by atoms with Crippen LogP contribution in [0.2, 0.25) is 0 Å². The van der Waals surface area contributed by atoms with Crippen molar-refractivity contribution in [1.82, 2.24) is 15.2 Å². The number of amides is 1. The van der Waals surface area contributed by atoms with Gasteiger partial charge in [0.1, 0.15) is 0 Å². The van der Waals surface area contributed by atoms with Crippen LogP contribution in [0.15, 0.2) is 0 Å². The fourth-order valence-corrected chi connectivity index (χ4v) is 3.63. The Morgan fingerprint density at radius 2 is 1.74 bits per heavy atom. The Balaban J connectivity index is 1.88. The largest absolute Gasteiger partial charge is 0.298 e. The van der Waals surface area contributed by atoms with Crippen molar-refractivity contribution in [2.75, 3.05) is 26.2 Å². The van der Waals surface area contributed by atoms with E-state index in [1.165, 1.54) is 25.7 Å². The van der Waals surface area contributed by atoms with Crippen LogP contribution in [0.25, 0.3) is 0 Å². The Labute approximate surface area is 116 Å². The lowest BCUT2D eigenvalue weighted by Gasteiger charge is -2.42. The van der Waals surface area contributed by atoms with Crippen molar-refractivity contribution in [3.8, 4) is 0 Å². The van der Waals surface area contributed by atoms with Gasteiger partial charge in [-0.2, -0.15) is 0 Å². The normalized spacial score (nSPS) is 24.8. The van der Waals surface area contributed by atoms with Crippen LogP contribution in [0.4, 0.5) is 0 Å². The summed E-state index contributed by atoms with van der Waals surface area (Å²) in [5, 5.41) is 0. The third kappa shape index (κ3) is 3.46. The smallest absolute Gasteiger partial charge is 0.251 e. The second kappa shape index (κ2) is 6.68. The molecule has 0 radical (unpaired) electrons. The molecule has 2 aliphatic rings. The molecule has 1 aliphatic carbocycles. The average molecular weight is 268 g/mol. The molecule has 0 aromatic rings. The van der Waals surface area contributed by atoms with Crippen molar-refractivity contribution in [3.63, 3.8) is 0 Å². The van der Waals surface area contributed by atoms with Crippen molar-refractivity contribution < 1.29 is 4.79 Å². The second-order valence-electron chi connectivity index (χ2n) is 6.21. The summed E-state index contributed by atoms with van der Waals surface area (Å²) in [5.74, 6) is 5.55. The molecule has 1 heterocycles. The number of nitrogens with two attached hydrogens (primary N) is 1. The number of hydrogen-bond donors (Lipinski definition) is 2. The fourth-order valence-electron chi connectivity index (χ4n) is 3.63. The predicted molar refractivity (Wildman–Crippen MR) is 76.4 cm³/mol. The van der Waals surface area contributed by atoms with Gasteiger partial charge in [-0.1, -0.05) is 26.7 Å². The fraction of sp³-hybridized carbons (Fsp3) is 0.929. The van der Waals surface area contributed by atoms with Crippen LogP contribution in [0.3, 0.4) is 0 Å². The van der Waals surface area contributed by atoms with Gasteiger partial charge in [-0.3, -0.25) is 20.0 Å². The van der Waals surface area contributed by atoms with E-state index < -0.39 is 0 Å². The van der Waals surface area contributed by atoms with Gasteiger partial charge in [0.15, 0.2) is 0 Å². The Morgan fingerprint density at radius 1 is 1.16 bits per heavy atom. The molecule has 2 fully saturated rings. The predicted octanol–water partition coefficient (Wildman–Crippen LogP) is 0.561. The highest BCUT2D eigenvalue weighted by atomic mass is 16.2. The van der Waals surface area contributed by atoms with Gasteiger partial charge in [0.2, 0.25) is 0 Å². The van der Waals surface area contributed by atoms with Crippen LogP contribution >= 0.6 is 0 Å². The summed E-state index contributed by atoms with van der Waals surface area (Å²) in [7, 11) is 0. The van der Waals surface area contributed by atoms with Gasteiger partial charge in [-0.25, -0.2) is 5.84 Å². The molecular formula is C14H28N4O. The van der Waals surface area contributed by atoms with Crippen LogP contribution in [0, 0.1) is 5.92 Å². The van der Waals surface area contributed by atoms with Crippen molar-refractivity contribution in [3.05, 3.63) is 0 Å². The van der Waals surface area contributed by atoms with E-state index in [9.17, 15) is 4.79 Å². The van der Waals surface area contributed by atoms with Gasteiger partial charge in [0.05, 0.1) is 6.04 Å². The Hall–Kier alpha value is -0.650. The van der Waals surface area contributed by atoms with Crippen LogP contribution in [-0.2, 0) is 4.79 Å². The van der Waals surface area contributed by atoms with Crippen molar-refractivity contribution in [2.24, 2.45) is 11.8 Å². The lowest BCUT2D eigenvalue weighted by Crippen LogP contribution is -2.58. The Kier molecular flexibility index (Phi) is 5.19. The number of carbonyl (C=O) groups is 1. The molecule has 1 unspecified atom stereocenters. The third-order valence-electron chi connectivity index (χ3n) is 4.63. The third-order valence-corrected chi connectivity index (χ3v) is 4.63. The summed E-state index contributed by atoms with van der Waals surface area (Å²) < 4.78 is 0. The first kappa shape index (κ1) is 14.8. The van der Waals surface area contributed by atoms with Crippen molar-refractivity contribution >= 4 is 5.91 Å². The number of nitrogens with one attached hydrogen (secondary N) is 1. The van der Waals surface area contributed by atoms with E-state index in [4.69, 9.17) is 5.84 Å². The molecule has 1 atom stereocenters. The van der Waals surface area contributed by atoms with E-state index in [-0.39, 0.29) is 11.9 Å². The van der Waals surface area contributed by atoms with Gasteiger partial charge >= 0.3 is 0 Å². The number of piperazine rings is 1. The number of rotatable bonds is 4. The maximum atomic E-state index is 11.9. The van der Waals surface area contributed by atoms with Crippen molar-refractivity contribution in [1.29, 1.82) is 0 Å². The molecule has 0 spiro atoms. The van der Waals surface area contributed by atoms with Gasteiger partial charge in [0, 0.05) is 32.2 Å². The van der Waals surface area contributed by atoms with E-state index in [1.807, 2.05) is 0 Å². The molecule has 1 saturated heterocycles. The number of hydrazine groups is 1. The second-order valence-corrected chi connectivity index (χ2v) is 6.21. The number of carbonyl (C=O) groups excluding carboxylic acids is 1. The van der Waals surface area contributed by atoms with E-state index >= 15 is 0 Å². The minimum atomic E-state index is -0.0873. The molecule has 1 amide bonds. The molecule has 1 saturated carbocycles. The molecule has 5 nitrogen and oxygen atoms in total. The highest BCUT2D eigenvalue weighted by Crippen LogP contribution is 2.25. The van der Waals surface area contributed by atoms with Crippen LogP contribution in [0.5, 0.6) is 0 Å². The summed E-state index contributed by atoms with van der Waals surface area (Å²) in [6, 6.07) is 0.707. The summed E-state index contributed by atoms with van der Waals surface area (Å²) in [4.78, 5) is 16.8. The molecule has 3 N–H and O–H groups in total. The first-order valence-corrected chi connectivity index (χ1v) is 7.62. The van der Waals surface area contributed by atoms with Crippen LogP contribution in [0.1, 0.15) is 39.5 Å². The maximum absolute atomic E-state index is 11.9. The molecule has 0 bridgehead atoms. The number of hydrogen-bond acceptors (Lipinski definition) is 4. The molecule has 110 valence electrons. The molecule has 2 rings (SSSR count). The van der Waals surface area contributed by atoms with Gasteiger partial charge in [-0.05, 0) is 18.8 Å². The molecule has 0 aromatic heterocycles. The minimum absolute atomic E-state index is 0.0516. The molecular weight excluding hydrogens is 240 g/mol. The summed E-state index contributed by atoms with van der Waals surface area (Å²) >= 11 is 0. The maximum Gasteiger partial charge on any atom is 0.251 e. The van der Waals surface area contributed by atoms with E-state index in [1.54, 1.807) is 0 Å². The van der Waals surface area contributed by atoms with Gasteiger partial charge in [-0.15, -0.1) is 0 Å². The molecule has 19 heavy (non-hydrogen) atoms. The minimum Gasteiger partial charge on any atom is -0.298 e. The lowest BCUT2D eigenvalue weighted by atomic mass is 10.0. The van der Waals surface area contributed by atoms with Gasteiger partial charge < -0.3 is 0 Å². The summed E-state index contributed by atoms with van der Waals surface area (Å²) in [6.45, 7) is 8.31.